The molecule has 0 fully saturated rings. The smallest absolute Gasteiger partial charge is 0.354 e. The minimum absolute atomic E-state index is 0.104. The third-order valence-corrected chi connectivity index (χ3v) is 2.45. The first-order valence-electron chi connectivity index (χ1n) is 5.02. The highest BCUT2D eigenvalue weighted by molar-refractivity contribution is 6.28. The molecule has 0 spiro atoms. The summed E-state index contributed by atoms with van der Waals surface area (Å²) in [5, 5.41) is 8.80. The van der Waals surface area contributed by atoms with Crippen molar-refractivity contribution < 1.29 is 14.6 Å². The van der Waals surface area contributed by atoms with Crippen molar-refractivity contribution in [1.82, 2.24) is 9.97 Å². The normalized spacial score (nSPS) is 10.1. The van der Waals surface area contributed by atoms with E-state index in [9.17, 15) is 4.79 Å². The lowest BCUT2D eigenvalue weighted by Gasteiger charge is -2.05. The Morgan fingerprint density at radius 3 is 2.78 bits per heavy atom. The van der Waals surface area contributed by atoms with Gasteiger partial charge in [-0.15, -0.1) is 0 Å². The SMILES string of the molecule is COc1cccc(-c2cc(C(=O)O)nc(Cl)n2)c1. The Balaban J connectivity index is 2.52. The number of rotatable bonds is 3. The maximum Gasteiger partial charge on any atom is 0.354 e. The molecule has 0 saturated heterocycles. The molecule has 0 atom stereocenters. The van der Waals surface area contributed by atoms with Crippen molar-refractivity contribution in [2.45, 2.75) is 0 Å². The average Bonchev–Trinajstić information content (AvgIpc) is 2.38. The van der Waals surface area contributed by atoms with Crippen molar-refractivity contribution in [2.75, 3.05) is 7.11 Å². The summed E-state index contributed by atoms with van der Waals surface area (Å²) in [7, 11) is 1.55. The molecule has 1 aromatic heterocycles. The van der Waals surface area contributed by atoms with Crippen LogP contribution in [0.25, 0.3) is 11.3 Å². The quantitative estimate of drug-likeness (QED) is 0.863. The molecule has 0 saturated carbocycles. The third kappa shape index (κ3) is 2.57. The highest BCUT2D eigenvalue weighted by Crippen LogP contribution is 2.23. The number of ether oxygens (including phenoxy) is 1. The molecule has 2 aromatic rings. The number of benzene rings is 1. The van der Waals surface area contributed by atoms with E-state index >= 15 is 0 Å². The molecule has 0 radical (unpaired) electrons. The molecule has 1 heterocycles. The van der Waals surface area contributed by atoms with Crippen LogP contribution in [0, 0.1) is 0 Å². The Labute approximate surface area is 108 Å². The van der Waals surface area contributed by atoms with Crippen LogP contribution in [0.15, 0.2) is 30.3 Å². The number of carbonyl (C=O) groups is 1. The van der Waals surface area contributed by atoms with E-state index in [-0.39, 0.29) is 11.0 Å². The van der Waals surface area contributed by atoms with Gasteiger partial charge in [0.2, 0.25) is 5.28 Å². The van der Waals surface area contributed by atoms with E-state index in [2.05, 4.69) is 9.97 Å². The molecule has 0 aliphatic heterocycles. The van der Waals surface area contributed by atoms with Gasteiger partial charge in [-0.05, 0) is 29.8 Å². The second kappa shape index (κ2) is 5.01. The molecule has 18 heavy (non-hydrogen) atoms. The zero-order valence-electron chi connectivity index (χ0n) is 9.42. The van der Waals surface area contributed by atoms with E-state index in [0.717, 1.165) is 0 Å². The van der Waals surface area contributed by atoms with Crippen LogP contribution in [0.2, 0.25) is 5.28 Å². The first-order valence-corrected chi connectivity index (χ1v) is 5.40. The van der Waals surface area contributed by atoms with Crippen LogP contribution < -0.4 is 4.74 Å². The molecule has 1 aromatic carbocycles. The standard InChI is InChI=1S/C12H9ClN2O3/c1-18-8-4-2-3-7(5-8)9-6-10(11(16)17)15-12(13)14-9/h2-6H,1H3,(H,16,17). The van der Waals surface area contributed by atoms with E-state index in [1.54, 1.807) is 31.4 Å². The number of carboxylic acids is 1. The lowest BCUT2D eigenvalue weighted by Crippen LogP contribution is -2.02. The Bertz CT molecular complexity index is 602. The fourth-order valence-corrected chi connectivity index (χ4v) is 1.64. The van der Waals surface area contributed by atoms with E-state index < -0.39 is 5.97 Å². The number of aromatic nitrogens is 2. The average molecular weight is 265 g/mol. The Morgan fingerprint density at radius 2 is 2.11 bits per heavy atom. The van der Waals surface area contributed by atoms with Crippen molar-refractivity contribution in [3.63, 3.8) is 0 Å². The first-order chi connectivity index (χ1) is 8.60. The zero-order chi connectivity index (χ0) is 13.1. The van der Waals surface area contributed by atoms with Gasteiger partial charge < -0.3 is 9.84 Å². The molecule has 5 nitrogen and oxygen atoms in total. The number of nitrogens with zero attached hydrogens (tertiary/aromatic N) is 2. The van der Waals surface area contributed by atoms with Gasteiger partial charge in [0.15, 0.2) is 5.69 Å². The van der Waals surface area contributed by atoms with Gasteiger partial charge in [-0.25, -0.2) is 14.8 Å². The topological polar surface area (TPSA) is 72.3 Å². The Kier molecular flexibility index (Phi) is 3.43. The van der Waals surface area contributed by atoms with Crippen LogP contribution in [0.5, 0.6) is 5.75 Å². The fourth-order valence-electron chi connectivity index (χ4n) is 1.46. The zero-order valence-corrected chi connectivity index (χ0v) is 10.2. The summed E-state index contributed by atoms with van der Waals surface area (Å²) in [6, 6.07) is 8.45. The molecule has 0 aliphatic carbocycles. The molecule has 0 unspecified atom stereocenters. The number of hydrogen-bond acceptors (Lipinski definition) is 4. The van der Waals surface area contributed by atoms with E-state index in [1.165, 1.54) is 6.07 Å². The van der Waals surface area contributed by atoms with E-state index in [0.29, 0.717) is 17.0 Å². The number of methoxy groups -OCH3 is 1. The van der Waals surface area contributed by atoms with Crippen LogP contribution in [0.1, 0.15) is 10.5 Å². The lowest BCUT2D eigenvalue weighted by molar-refractivity contribution is 0.0690. The molecule has 92 valence electrons. The van der Waals surface area contributed by atoms with Crippen molar-refractivity contribution in [2.24, 2.45) is 0 Å². The predicted molar refractivity (Wildman–Crippen MR) is 66.0 cm³/mol. The Morgan fingerprint density at radius 1 is 1.33 bits per heavy atom. The molecule has 6 heteroatoms. The second-order valence-corrected chi connectivity index (χ2v) is 3.78. The molecule has 2 rings (SSSR count). The molecular weight excluding hydrogens is 256 g/mol. The molecule has 1 N–H and O–H groups in total. The Hall–Kier alpha value is -2.14. The summed E-state index contributed by atoms with van der Waals surface area (Å²) in [5.41, 5.74) is 1.00. The largest absolute Gasteiger partial charge is 0.497 e. The van der Waals surface area contributed by atoms with Crippen LogP contribution in [0.4, 0.5) is 0 Å². The van der Waals surface area contributed by atoms with Gasteiger partial charge in [0.25, 0.3) is 0 Å². The number of aromatic carboxylic acids is 1. The van der Waals surface area contributed by atoms with E-state index in [4.69, 9.17) is 21.4 Å². The summed E-state index contributed by atoms with van der Waals surface area (Å²) < 4.78 is 5.09. The number of halogens is 1. The first kappa shape index (κ1) is 12.3. The van der Waals surface area contributed by atoms with Crippen molar-refractivity contribution >= 4 is 17.6 Å². The summed E-state index contributed by atoms with van der Waals surface area (Å²) in [4.78, 5) is 18.5. The van der Waals surface area contributed by atoms with Gasteiger partial charge in [-0.2, -0.15) is 0 Å². The molecule has 0 amide bonds. The number of carboxylic acid groups (broad SMARTS) is 1. The van der Waals surface area contributed by atoms with Gasteiger partial charge in [0.1, 0.15) is 5.75 Å². The summed E-state index contributed by atoms with van der Waals surface area (Å²) in [6.45, 7) is 0. The van der Waals surface area contributed by atoms with Crippen molar-refractivity contribution in [1.29, 1.82) is 0 Å². The summed E-state index contributed by atoms with van der Waals surface area (Å²) >= 11 is 5.70. The minimum atomic E-state index is -1.15. The number of hydrogen-bond donors (Lipinski definition) is 1. The fraction of sp³-hybridized carbons (Fsp3) is 0.0833. The molecular formula is C12H9ClN2O3. The van der Waals surface area contributed by atoms with Crippen LogP contribution in [0.3, 0.4) is 0 Å². The van der Waals surface area contributed by atoms with Crippen LogP contribution >= 0.6 is 11.6 Å². The van der Waals surface area contributed by atoms with Crippen molar-refractivity contribution in [3.05, 3.63) is 41.3 Å². The van der Waals surface area contributed by atoms with Gasteiger partial charge in [0, 0.05) is 5.56 Å². The molecule has 0 aliphatic rings. The maximum atomic E-state index is 10.9. The summed E-state index contributed by atoms with van der Waals surface area (Å²) in [6.07, 6.45) is 0. The minimum Gasteiger partial charge on any atom is -0.497 e. The van der Waals surface area contributed by atoms with Gasteiger partial charge in [0.05, 0.1) is 12.8 Å². The monoisotopic (exact) mass is 264 g/mol. The van der Waals surface area contributed by atoms with Gasteiger partial charge in [-0.3, -0.25) is 0 Å². The van der Waals surface area contributed by atoms with Crippen LogP contribution in [-0.4, -0.2) is 28.2 Å². The molecule has 0 bridgehead atoms. The lowest BCUT2D eigenvalue weighted by atomic mass is 10.1. The highest BCUT2D eigenvalue weighted by Gasteiger charge is 2.11. The maximum absolute atomic E-state index is 10.9. The van der Waals surface area contributed by atoms with Gasteiger partial charge >= 0.3 is 5.97 Å². The summed E-state index contributed by atoms with van der Waals surface area (Å²) in [5.74, 6) is -0.498. The second-order valence-electron chi connectivity index (χ2n) is 3.44. The van der Waals surface area contributed by atoms with Crippen LogP contribution in [-0.2, 0) is 0 Å². The van der Waals surface area contributed by atoms with Crippen molar-refractivity contribution in [3.8, 4) is 17.0 Å². The highest BCUT2D eigenvalue weighted by atomic mass is 35.5. The third-order valence-electron chi connectivity index (χ3n) is 2.28. The van der Waals surface area contributed by atoms with Gasteiger partial charge in [-0.1, -0.05) is 12.1 Å². The predicted octanol–water partition coefficient (Wildman–Crippen LogP) is 2.50. The van der Waals surface area contributed by atoms with E-state index in [1.807, 2.05) is 0 Å².